The molecule has 0 spiro atoms. The predicted molar refractivity (Wildman–Crippen MR) is 74.2 cm³/mol. The smallest absolute Gasteiger partial charge is 0.0283 e. The number of nitrogens with one attached hydrogen (secondary N) is 1. The Balaban J connectivity index is 1.32. The van der Waals surface area contributed by atoms with Gasteiger partial charge in [-0.2, -0.15) is 0 Å². The molecule has 18 heavy (non-hydrogen) atoms. The van der Waals surface area contributed by atoms with E-state index in [0.29, 0.717) is 0 Å². The first-order chi connectivity index (χ1) is 8.66. The summed E-state index contributed by atoms with van der Waals surface area (Å²) in [7, 11) is 0. The molecule has 0 radical (unpaired) electrons. The van der Waals surface area contributed by atoms with Crippen molar-refractivity contribution >= 4 is 0 Å². The molecule has 3 N–H and O–H groups in total. The molecule has 4 rings (SSSR count). The van der Waals surface area contributed by atoms with E-state index in [2.05, 4.69) is 12.2 Å². The van der Waals surface area contributed by atoms with Crippen molar-refractivity contribution in [1.82, 2.24) is 5.32 Å². The van der Waals surface area contributed by atoms with Gasteiger partial charge >= 0.3 is 0 Å². The van der Waals surface area contributed by atoms with Crippen molar-refractivity contribution in [3.8, 4) is 0 Å². The maximum Gasteiger partial charge on any atom is 0.0283 e. The van der Waals surface area contributed by atoms with Gasteiger partial charge < -0.3 is 11.1 Å². The highest BCUT2D eigenvalue weighted by Gasteiger charge is 2.64. The average Bonchev–Trinajstić information content (AvgIpc) is 2.72. The summed E-state index contributed by atoms with van der Waals surface area (Å²) in [5.41, 5.74) is 6.70. The van der Waals surface area contributed by atoms with Gasteiger partial charge in [0.05, 0.1) is 0 Å². The molecular formula is C16H28N2. The molecule has 0 amide bonds. The molecule has 4 aliphatic carbocycles. The fourth-order valence-electron chi connectivity index (χ4n) is 5.78. The number of hydrogen-bond donors (Lipinski definition) is 2. The van der Waals surface area contributed by atoms with Crippen LogP contribution in [0.2, 0.25) is 0 Å². The maximum absolute atomic E-state index is 6.60. The Kier molecular flexibility index (Phi) is 2.58. The molecule has 102 valence electrons. The van der Waals surface area contributed by atoms with E-state index in [1.165, 1.54) is 38.5 Å². The Morgan fingerprint density at radius 3 is 2.56 bits per heavy atom. The molecule has 2 heteroatoms. The third kappa shape index (κ3) is 1.76. The first-order valence-corrected chi connectivity index (χ1v) is 8.19. The molecule has 0 aromatic heterocycles. The van der Waals surface area contributed by atoms with Crippen LogP contribution in [0, 0.1) is 29.6 Å². The van der Waals surface area contributed by atoms with Crippen LogP contribution in [0.4, 0.5) is 0 Å². The van der Waals surface area contributed by atoms with Crippen LogP contribution < -0.4 is 11.1 Å². The van der Waals surface area contributed by atoms with Gasteiger partial charge in [-0.25, -0.2) is 0 Å². The molecule has 4 saturated carbocycles. The van der Waals surface area contributed by atoms with E-state index < -0.39 is 0 Å². The van der Waals surface area contributed by atoms with Gasteiger partial charge in [0.2, 0.25) is 0 Å². The van der Waals surface area contributed by atoms with Crippen LogP contribution in [0.3, 0.4) is 0 Å². The van der Waals surface area contributed by atoms with E-state index in [4.69, 9.17) is 5.73 Å². The van der Waals surface area contributed by atoms with E-state index in [1.807, 2.05) is 0 Å². The van der Waals surface area contributed by atoms with Gasteiger partial charge in [-0.15, -0.1) is 0 Å². The molecular weight excluding hydrogens is 220 g/mol. The molecule has 6 unspecified atom stereocenters. The summed E-state index contributed by atoms with van der Waals surface area (Å²) in [6.07, 6.45) is 9.79. The molecule has 0 aromatic carbocycles. The third-order valence-electron chi connectivity index (χ3n) is 6.55. The van der Waals surface area contributed by atoms with Crippen LogP contribution in [0.15, 0.2) is 0 Å². The Labute approximate surface area is 111 Å². The van der Waals surface area contributed by atoms with Crippen LogP contribution in [0.5, 0.6) is 0 Å². The lowest BCUT2D eigenvalue weighted by Gasteiger charge is -2.37. The minimum absolute atomic E-state index is 0.105. The molecule has 0 aliphatic heterocycles. The fraction of sp³-hybridized carbons (Fsp3) is 1.00. The maximum atomic E-state index is 6.60. The van der Waals surface area contributed by atoms with Crippen molar-refractivity contribution in [2.75, 3.05) is 6.54 Å². The largest absolute Gasteiger partial charge is 0.324 e. The third-order valence-corrected chi connectivity index (χ3v) is 6.55. The van der Waals surface area contributed by atoms with Gasteiger partial charge in [-0.05, 0) is 61.7 Å². The van der Waals surface area contributed by atoms with Crippen LogP contribution >= 0.6 is 0 Å². The number of rotatable bonds is 3. The minimum atomic E-state index is 0.105. The summed E-state index contributed by atoms with van der Waals surface area (Å²) < 4.78 is 0. The Morgan fingerprint density at radius 1 is 1.17 bits per heavy atom. The molecule has 2 nitrogen and oxygen atoms in total. The second-order valence-electron chi connectivity index (χ2n) is 7.96. The number of hydrogen-bond acceptors (Lipinski definition) is 2. The Bertz CT molecular complexity index is 326. The standard InChI is InChI=1S/C16H28N2/c1-10-3-2-6-16(17,8-10)9-18-15-13-11-4-5-12(7-11)14(13)15/h10-15,18H,2-9,17H2,1H3. The number of nitrogens with two attached hydrogens (primary N) is 1. The van der Waals surface area contributed by atoms with Crippen LogP contribution in [-0.2, 0) is 0 Å². The zero-order valence-corrected chi connectivity index (χ0v) is 11.7. The highest BCUT2D eigenvalue weighted by molar-refractivity contribution is 5.17. The lowest BCUT2D eigenvalue weighted by molar-refractivity contribution is 0.225. The summed E-state index contributed by atoms with van der Waals surface area (Å²) in [4.78, 5) is 0. The van der Waals surface area contributed by atoms with Crippen molar-refractivity contribution in [1.29, 1.82) is 0 Å². The molecule has 6 atom stereocenters. The first kappa shape index (κ1) is 11.7. The first-order valence-electron chi connectivity index (χ1n) is 8.19. The second-order valence-corrected chi connectivity index (χ2v) is 7.96. The van der Waals surface area contributed by atoms with Gasteiger partial charge in [0.25, 0.3) is 0 Å². The van der Waals surface area contributed by atoms with Crippen LogP contribution in [0.25, 0.3) is 0 Å². The van der Waals surface area contributed by atoms with E-state index >= 15 is 0 Å². The summed E-state index contributed by atoms with van der Waals surface area (Å²) in [6, 6.07) is 0.855. The lowest BCUT2D eigenvalue weighted by atomic mass is 9.77. The van der Waals surface area contributed by atoms with Crippen molar-refractivity contribution in [2.45, 2.75) is 63.5 Å². The molecule has 4 aliphatic rings. The van der Waals surface area contributed by atoms with Crippen molar-refractivity contribution in [2.24, 2.45) is 35.3 Å². The predicted octanol–water partition coefficient (Wildman–Crippen LogP) is 2.53. The Morgan fingerprint density at radius 2 is 1.89 bits per heavy atom. The summed E-state index contributed by atoms with van der Waals surface area (Å²) in [5, 5.41) is 3.87. The zero-order chi connectivity index (χ0) is 12.3. The minimum Gasteiger partial charge on any atom is -0.324 e. The van der Waals surface area contributed by atoms with Crippen LogP contribution in [0.1, 0.15) is 51.9 Å². The van der Waals surface area contributed by atoms with Crippen LogP contribution in [-0.4, -0.2) is 18.1 Å². The fourth-order valence-corrected chi connectivity index (χ4v) is 5.78. The molecule has 0 aromatic rings. The highest BCUT2D eigenvalue weighted by atomic mass is 15.0. The van der Waals surface area contributed by atoms with Gasteiger partial charge in [-0.1, -0.05) is 19.8 Å². The lowest BCUT2D eigenvalue weighted by Crippen LogP contribution is -2.52. The molecule has 0 saturated heterocycles. The SMILES string of the molecule is CC1CCCC(N)(CNC2C3C4CCC(C4)C23)C1. The summed E-state index contributed by atoms with van der Waals surface area (Å²) in [5.74, 6) is 5.09. The zero-order valence-electron chi connectivity index (χ0n) is 11.7. The second kappa shape index (κ2) is 3.96. The van der Waals surface area contributed by atoms with Crippen molar-refractivity contribution < 1.29 is 0 Å². The van der Waals surface area contributed by atoms with E-state index in [0.717, 1.165) is 42.2 Å². The van der Waals surface area contributed by atoms with E-state index in [9.17, 15) is 0 Å². The molecule has 2 bridgehead atoms. The van der Waals surface area contributed by atoms with E-state index in [1.54, 1.807) is 6.42 Å². The molecule has 0 heterocycles. The van der Waals surface area contributed by atoms with Gasteiger partial charge in [-0.3, -0.25) is 0 Å². The number of fused-ring (bicyclic) bond motifs is 5. The highest BCUT2D eigenvalue weighted by Crippen LogP contribution is 2.65. The van der Waals surface area contributed by atoms with Crippen molar-refractivity contribution in [3.05, 3.63) is 0 Å². The van der Waals surface area contributed by atoms with Crippen molar-refractivity contribution in [3.63, 3.8) is 0 Å². The Hall–Kier alpha value is -0.0800. The van der Waals surface area contributed by atoms with E-state index in [-0.39, 0.29) is 5.54 Å². The summed E-state index contributed by atoms with van der Waals surface area (Å²) >= 11 is 0. The average molecular weight is 248 g/mol. The quantitative estimate of drug-likeness (QED) is 0.805. The van der Waals surface area contributed by atoms with Gasteiger partial charge in [0.1, 0.15) is 0 Å². The molecule has 4 fully saturated rings. The normalized spacial score (nSPS) is 57.7. The van der Waals surface area contributed by atoms with Gasteiger partial charge in [0.15, 0.2) is 0 Å². The van der Waals surface area contributed by atoms with Gasteiger partial charge in [0, 0.05) is 18.1 Å². The monoisotopic (exact) mass is 248 g/mol. The summed E-state index contributed by atoms with van der Waals surface area (Å²) in [6.45, 7) is 3.45. The topological polar surface area (TPSA) is 38.0 Å².